The minimum atomic E-state index is -1.31. The Morgan fingerprint density at radius 2 is 2.07 bits per heavy atom. The Labute approximate surface area is 162 Å². The number of carbonyl (C=O) groups excluding carboxylic acids is 2. The van der Waals surface area contributed by atoms with Crippen LogP contribution in [0.1, 0.15) is 44.9 Å². The van der Waals surface area contributed by atoms with Gasteiger partial charge in [0.1, 0.15) is 6.10 Å². The van der Waals surface area contributed by atoms with Crippen LogP contribution in [-0.4, -0.2) is 51.8 Å². The lowest BCUT2D eigenvalue weighted by Gasteiger charge is -2.41. The molecule has 1 spiro atoms. The third-order valence-electron chi connectivity index (χ3n) is 7.67. The van der Waals surface area contributed by atoms with Crippen LogP contribution < -0.4 is 5.32 Å². The normalized spacial score (nSPS) is 42.9. The molecule has 146 valence electrons. The standard InChI is InChI=1S/C20H24ClNO5/c21-9-8-14-16(25)22-19-17(26)27-20(19,18(14,19)10-23)15(24)13-7-3-5-11-4-1-2-6-12(11)13/h5,14-15,23-24H,1-4,6-10H2,(H,22,25)/t14-,15-,18+,19?,20?/m0/s1. The fraction of sp³-hybridized carbons (Fsp3) is 0.700. The largest absolute Gasteiger partial charge is 0.450 e. The van der Waals surface area contributed by atoms with Crippen molar-refractivity contribution < 1.29 is 24.5 Å². The number of rotatable bonds is 5. The molecular weight excluding hydrogens is 370 g/mol. The lowest BCUT2D eigenvalue weighted by atomic mass is 9.75. The number of piperidine rings is 1. The average molecular weight is 394 g/mol. The van der Waals surface area contributed by atoms with Crippen molar-refractivity contribution in [3.63, 3.8) is 0 Å². The first kappa shape index (κ1) is 17.7. The molecule has 2 aliphatic heterocycles. The van der Waals surface area contributed by atoms with Crippen molar-refractivity contribution in [1.29, 1.82) is 0 Å². The number of amides is 1. The summed E-state index contributed by atoms with van der Waals surface area (Å²) in [6, 6.07) is 0. The van der Waals surface area contributed by atoms with Crippen LogP contribution in [0.3, 0.4) is 0 Å². The topological polar surface area (TPSA) is 95.9 Å². The number of halogens is 1. The van der Waals surface area contributed by atoms with Crippen LogP contribution in [0.25, 0.3) is 0 Å². The fourth-order valence-electron chi connectivity index (χ4n) is 6.55. The highest BCUT2D eigenvalue weighted by atomic mass is 35.5. The molecule has 2 unspecified atom stereocenters. The van der Waals surface area contributed by atoms with Gasteiger partial charge in [0.2, 0.25) is 5.91 Å². The molecule has 0 bridgehead atoms. The van der Waals surface area contributed by atoms with Gasteiger partial charge < -0.3 is 20.3 Å². The van der Waals surface area contributed by atoms with Gasteiger partial charge in [-0.15, -0.1) is 11.6 Å². The van der Waals surface area contributed by atoms with Gasteiger partial charge in [-0.05, 0) is 61.7 Å². The predicted octanol–water partition coefficient (Wildman–Crippen LogP) is 1.34. The van der Waals surface area contributed by atoms with E-state index >= 15 is 0 Å². The molecule has 0 aromatic heterocycles. The zero-order chi connectivity index (χ0) is 19.0. The van der Waals surface area contributed by atoms with E-state index < -0.39 is 41.2 Å². The first-order chi connectivity index (χ1) is 13.0. The summed E-state index contributed by atoms with van der Waals surface area (Å²) in [7, 11) is 0. The lowest BCUT2D eigenvalue weighted by Crippen LogP contribution is -2.65. The molecule has 2 heterocycles. The Morgan fingerprint density at radius 3 is 2.78 bits per heavy atom. The summed E-state index contributed by atoms with van der Waals surface area (Å²) in [5.41, 5.74) is -0.315. The Kier molecular flexibility index (Phi) is 3.66. The fourth-order valence-corrected chi connectivity index (χ4v) is 6.77. The molecule has 5 aliphatic rings. The summed E-state index contributed by atoms with van der Waals surface area (Å²) in [5.74, 6) is -1.25. The minimum Gasteiger partial charge on any atom is -0.450 e. The summed E-state index contributed by atoms with van der Waals surface area (Å²) in [6.07, 6.45) is 7.29. The van der Waals surface area contributed by atoms with Gasteiger partial charge in [0.15, 0.2) is 11.1 Å². The van der Waals surface area contributed by atoms with E-state index in [-0.39, 0.29) is 11.8 Å². The predicted molar refractivity (Wildman–Crippen MR) is 96.9 cm³/mol. The molecule has 0 aromatic rings. The molecule has 27 heavy (non-hydrogen) atoms. The number of fused-ring (bicyclic) bond motifs is 2. The number of nitrogens with one attached hydrogen (secondary N) is 1. The molecule has 0 radical (unpaired) electrons. The van der Waals surface area contributed by atoms with Crippen LogP contribution in [0.15, 0.2) is 22.8 Å². The molecule has 7 heteroatoms. The number of hydrogen-bond acceptors (Lipinski definition) is 5. The van der Waals surface area contributed by atoms with Gasteiger partial charge in [-0.3, -0.25) is 4.79 Å². The molecular formula is C20H24ClNO5. The molecule has 5 atom stereocenters. The number of hydrogen-bond donors (Lipinski definition) is 3. The van der Waals surface area contributed by atoms with Crippen LogP contribution in [-0.2, 0) is 14.3 Å². The number of allylic oxidation sites excluding steroid dienone is 3. The molecule has 3 aliphatic carbocycles. The van der Waals surface area contributed by atoms with Crippen molar-refractivity contribution >= 4 is 23.5 Å². The number of esters is 1. The van der Waals surface area contributed by atoms with E-state index in [9.17, 15) is 19.8 Å². The second kappa shape index (κ2) is 5.58. The Morgan fingerprint density at radius 1 is 1.30 bits per heavy atom. The Bertz CT molecular complexity index is 806. The number of alkyl halides is 1. The van der Waals surface area contributed by atoms with E-state index in [1.165, 1.54) is 11.1 Å². The molecule has 2 saturated heterocycles. The first-order valence-electron chi connectivity index (χ1n) is 9.83. The summed E-state index contributed by atoms with van der Waals surface area (Å²) in [5, 5.41) is 24.6. The molecule has 6 nitrogen and oxygen atoms in total. The minimum absolute atomic E-state index is 0.233. The van der Waals surface area contributed by atoms with Gasteiger partial charge in [-0.25, -0.2) is 4.79 Å². The highest BCUT2D eigenvalue weighted by Crippen LogP contribution is 2.82. The second-order valence-corrected chi connectivity index (χ2v) is 8.78. The van der Waals surface area contributed by atoms with E-state index in [4.69, 9.17) is 16.3 Å². The zero-order valence-electron chi connectivity index (χ0n) is 15.1. The van der Waals surface area contributed by atoms with Crippen LogP contribution in [0, 0.1) is 11.3 Å². The summed E-state index contributed by atoms with van der Waals surface area (Å²) < 4.78 is 5.61. The number of ether oxygens (including phenoxy) is 1. The van der Waals surface area contributed by atoms with Crippen molar-refractivity contribution in [3.05, 3.63) is 22.8 Å². The van der Waals surface area contributed by atoms with Crippen molar-refractivity contribution in [2.45, 2.75) is 62.2 Å². The first-order valence-corrected chi connectivity index (χ1v) is 10.4. The molecule has 5 rings (SSSR count). The average Bonchev–Trinajstić information content (AvgIpc) is 2.94. The maximum Gasteiger partial charge on any atom is 0.337 e. The maximum absolute atomic E-state index is 12.5. The van der Waals surface area contributed by atoms with Gasteiger partial charge in [0.25, 0.3) is 0 Å². The van der Waals surface area contributed by atoms with Crippen LogP contribution >= 0.6 is 11.6 Å². The van der Waals surface area contributed by atoms with E-state index in [2.05, 4.69) is 11.4 Å². The van der Waals surface area contributed by atoms with Gasteiger partial charge in [0.05, 0.1) is 17.9 Å². The number of aliphatic hydroxyl groups excluding tert-OH is 2. The van der Waals surface area contributed by atoms with Crippen LogP contribution in [0.4, 0.5) is 0 Å². The smallest absolute Gasteiger partial charge is 0.337 e. The number of carbonyl (C=O) groups is 2. The third-order valence-corrected chi connectivity index (χ3v) is 7.89. The maximum atomic E-state index is 12.5. The SMILES string of the molecule is O=C1NC23C(=O)OC2([C@@H](O)C2=C4CCCCC4=CCC2)[C@]3(CO)[C@H]1CCCl. The zero-order valence-corrected chi connectivity index (χ0v) is 15.8. The summed E-state index contributed by atoms with van der Waals surface area (Å²) in [4.78, 5) is 25.0. The highest BCUT2D eigenvalue weighted by Gasteiger charge is 3.07. The monoisotopic (exact) mass is 393 g/mol. The third kappa shape index (κ3) is 1.68. The van der Waals surface area contributed by atoms with Crippen molar-refractivity contribution in [2.75, 3.05) is 12.5 Å². The molecule has 0 aromatic carbocycles. The lowest BCUT2D eigenvalue weighted by molar-refractivity contribution is -0.193. The second-order valence-electron chi connectivity index (χ2n) is 8.41. The molecule has 4 fully saturated rings. The van der Waals surface area contributed by atoms with Crippen LogP contribution in [0.2, 0.25) is 0 Å². The van der Waals surface area contributed by atoms with Crippen molar-refractivity contribution in [1.82, 2.24) is 5.32 Å². The Balaban J connectivity index is 1.59. The van der Waals surface area contributed by atoms with E-state index in [1.54, 1.807) is 0 Å². The highest BCUT2D eigenvalue weighted by molar-refractivity contribution is 6.18. The molecule has 2 saturated carbocycles. The molecule has 3 N–H and O–H groups in total. The van der Waals surface area contributed by atoms with Gasteiger partial charge in [-0.2, -0.15) is 0 Å². The van der Waals surface area contributed by atoms with Crippen molar-refractivity contribution in [2.24, 2.45) is 11.3 Å². The van der Waals surface area contributed by atoms with Gasteiger partial charge in [0, 0.05) is 5.88 Å². The van der Waals surface area contributed by atoms with E-state index in [1.807, 2.05) is 0 Å². The number of aliphatic hydroxyl groups is 2. The van der Waals surface area contributed by atoms with Gasteiger partial charge >= 0.3 is 5.97 Å². The summed E-state index contributed by atoms with van der Waals surface area (Å²) in [6.45, 7) is -0.401. The quantitative estimate of drug-likeness (QED) is 0.484. The van der Waals surface area contributed by atoms with Crippen molar-refractivity contribution in [3.8, 4) is 0 Å². The molecule has 1 amide bonds. The van der Waals surface area contributed by atoms with Gasteiger partial charge in [-0.1, -0.05) is 6.08 Å². The Hall–Kier alpha value is -1.37. The van der Waals surface area contributed by atoms with E-state index in [0.717, 1.165) is 37.7 Å². The van der Waals surface area contributed by atoms with E-state index in [0.29, 0.717) is 12.8 Å². The summed E-state index contributed by atoms with van der Waals surface area (Å²) >= 11 is 5.90. The van der Waals surface area contributed by atoms with Crippen LogP contribution in [0.5, 0.6) is 0 Å².